The maximum atomic E-state index is 12.9. The molecule has 2 N–H and O–H groups in total. The van der Waals surface area contributed by atoms with Crippen LogP contribution in [0.15, 0.2) is 24.3 Å². The van der Waals surface area contributed by atoms with Crippen LogP contribution < -0.4 is 5.73 Å². The summed E-state index contributed by atoms with van der Waals surface area (Å²) in [6.45, 7) is 0. The van der Waals surface area contributed by atoms with Gasteiger partial charge in [0.1, 0.15) is 5.82 Å². The lowest BCUT2D eigenvalue weighted by atomic mass is 10.1. The summed E-state index contributed by atoms with van der Waals surface area (Å²) in [7, 11) is 0. The normalized spacial score (nSPS) is 12.1. The van der Waals surface area contributed by atoms with Crippen LogP contribution in [0.4, 0.5) is 4.39 Å². The molecule has 0 amide bonds. The minimum absolute atomic E-state index is 0.267. The molecule has 1 rings (SSSR count). The van der Waals surface area contributed by atoms with E-state index in [0.29, 0.717) is 5.56 Å². The van der Waals surface area contributed by atoms with Crippen molar-refractivity contribution < 1.29 is 4.39 Å². The smallest absolute Gasteiger partial charge is 0.126 e. The first kappa shape index (κ1) is 8.69. The zero-order valence-electron chi connectivity index (χ0n) is 6.50. The van der Waals surface area contributed by atoms with E-state index in [1.165, 1.54) is 6.07 Å². The summed E-state index contributed by atoms with van der Waals surface area (Å²) in [6, 6.07) is 7.55. The van der Waals surface area contributed by atoms with Gasteiger partial charge in [-0.05, 0) is 11.6 Å². The fourth-order valence-corrected chi connectivity index (χ4v) is 0.947. The second-order valence-corrected chi connectivity index (χ2v) is 2.53. The van der Waals surface area contributed by atoms with Crippen LogP contribution in [-0.4, -0.2) is 6.04 Å². The molecule has 0 aromatic heterocycles. The Morgan fingerprint density at radius 3 is 2.75 bits per heavy atom. The summed E-state index contributed by atoms with van der Waals surface area (Å²) >= 11 is 0. The van der Waals surface area contributed by atoms with Crippen LogP contribution in [0, 0.1) is 17.1 Å². The summed E-state index contributed by atoms with van der Waals surface area (Å²) in [5.74, 6) is -0.303. The molecule has 3 heteroatoms. The number of nitrogens with two attached hydrogens (primary N) is 1. The van der Waals surface area contributed by atoms with Gasteiger partial charge in [0.05, 0.1) is 12.1 Å². The topological polar surface area (TPSA) is 49.8 Å². The van der Waals surface area contributed by atoms with E-state index in [2.05, 4.69) is 0 Å². The molecule has 12 heavy (non-hydrogen) atoms. The van der Waals surface area contributed by atoms with E-state index in [0.717, 1.165) is 0 Å². The highest BCUT2D eigenvalue weighted by Crippen LogP contribution is 2.07. The maximum absolute atomic E-state index is 12.9. The van der Waals surface area contributed by atoms with E-state index in [1.54, 1.807) is 18.2 Å². The summed E-state index contributed by atoms with van der Waals surface area (Å²) < 4.78 is 12.9. The SMILES string of the molecule is N#C[C@H](N)Cc1ccccc1F. The zero-order chi connectivity index (χ0) is 8.97. The zero-order valence-corrected chi connectivity index (χ0v) is 6.50. The Labute approximate surface area is 70.4 Å². The molecular formula is C9H9FN2. The van der Waals surface area contributed by atoms with Gasteiger partial charge in [0.15, 0.2) is 0 Å². The molecule has 0 saturated carbocycles. The molecular weight excluding hydrogens is 155 g/mol. The van der Waals surface area contributed by atoms with Gasteiger partial charge in [-0.1, -0.05) is 18.2 Å². The van der Waals surface area contributed by atoms with Crippen molar-refractivity contribution in [3.05, 3.63) is 35.6 Å². The van der Waals surface area contributed by atoms with Crippen LogP contribution in [0.1, 0.15) is 5.56 Å². The molecule has 0 radical (unpaired) electrons. The summed E-state index contributed by atoms with van der Waals surface area (Å²) in [5.41, 5.74) is 5.84. The van der Waals surface area contributed by atoms with E-state index in [1.807, 2.05) is 6.07 Å². The second-order valence-electron chi connectivity index (χ2n) is 2.53. The number of nitriles is 1. The highest BCUT2D eigenvalue weighted by molar-refractivity contribution is 5.19. The lowest BCUT2D eigenvalue weighted by molar-refractivity contribution is 0.603. The summed E-state index contributed by atoms with van der Waals surface area (Å²) in [5, 5.41) is 8.39. The summed E-state index contributed by atoms with van der Waals surface area (Å²) in [4.78, 5) is 0. The standard InChI is InChI=1S/C9H9FN2/c10-9-4-2-1-3-7(9)5-8(12)6-11/h1-4,8H,5,12H2/t8-/m1/s1. The Balaban J connectivity index is 2.77. The van der Waals surface area contributed by atoms with E-state index in [-0.39, 0.29) is 12.2 Å². The Morgan fingerprint density at radius 1 is 1.50 bits per heavy atom. The molecule has 1 atom stereocenters. The molecule has 0 fully saturated rings. The van der Waals surface area contributed by atoms with E-state index < -0.39 is 6.04 Å². The Bertz CT molecular complexity index is 304. The van der Waals surface area contributed by atoms with Crippen molar-refractivity contribution >= 4 is 0 Å². The predicted molar refractivity (Wildman–Crippen MR) is 43.7 cm³/mol. The first-order valence-electron chi connectivity index (χ1n) is 3.62. The van der Waals surface area contributed by atoms with Crippen LogP contribution in [-0.2, 0) is 6.42 Å². The fourth-order valence-electron chi connectivity index (χ4n) is 0.947. The van der Waals surface area contributed by atoms with Crippen molar-refractivity contribution in [3.8, 4) is 6.07 Å². The van der Waals surface area contributed by atoms with Gasteiger partial charge in [-0.25, -0.2) is 4.39 Å². The Hall–Kier alpha value is -1.40. The molecule has 62 valence electrons. The number of nitrogens with zero attached hydrogens (tertiary/aromatic N) is 1. The molecule has 0 aliphatic heterocycles. The summed E-state index contributed by atoms with van der Waals surface area (Å²) in [6.07, 6.45) is 0.267. The van der Waals surface area contributed by atoms with Gasteiger partial charge in [0.2, 0.25) is 0 Å². The molecule has 0 saturated heterocycles. The van der Waals surface area contributed by atoms with Crippen LogP contribution in [0.3, 0.4) is 0 Å². The molecule has 0 aliphatic rings. The first-order chi connectivity index (χ1) is 5.74. The van der Waals surface area contributed by atoms with Crippen LogP contribution in [0.25, 0.3) is 0 Å². The number of hydrogen-bond donors (Lipinski definition) is 1. The third-order valence-electron chi connectivity index (χ3n) is 1.56. The van der Waals surface area contributed by atoms with Crippen LogP contribution in [0.5, 0.6) is 0 Å². The van der Waals surface area contributed by atoms with Gasteiger partial charge in [-0.2, -0.15) is 5.26 Å². The Kier molecular flexibility index (Phi) is 2.78. The Morgan fingerprint density at radius 2 is 2.17 bits per heavy atom. The second kappa shape index (κ2) is 3.84. The van der Waals surface area contributed by atoms with Crippen LogP contribution >= 0.6 is 0 Å². The van der Waals surface area contributed by atoms with Gasteiger partial charge in [-0.15, -0.1) is 0 Å². The first-order valence-corrected chi connectivity index (χ1v) is 3.62. The predicted octanol–water partition coefficient (Wildman–Crippen LogP) is 1.22. The van der Waals surface area contributed by atoms with Gasteiger partial charge in [0, 0.05) is 6.42 Å². The van der Waals surface area contributed by atoms with E-state index in [4.69, 9.17) is 11.0 Å². The molecule has 2 nitrogen and oxygen atoms in total. The van der Waals surface area contributed by atoms with Crippen molar-refractivity contribution in [3.63, 3.8) is 0 Å². The van der Waals surface area contributed by atoms with Crippen LogP contribution in [0.2, 0.25) is 0 Å². The van der Waals surface area contributed by atoms with Crippen molar-refractivity contribution in [2.45, 2.75) is 12.5 Å². The van der Waals surface area contributed by atoms with Gasteiger partial charge < -0.3 is 5.73 Å². The molecule has 0 bridgehead atoms. The van der Waals surface area contributed by atoms with Crippen molar-refractivity contribution in [2.75, 3.05) is 0 Å². The van der Waals surface area contributed by atoms with E-state index in [9.17, 15) is 4.39 Å². The van der Waals surface area contributed by atoms with Gasteiger partial charge in [0.25, 0.3) is 0 Å². The molecule has 1 aromatic rings. The molecule has 1 aromatic carbocycles. The average Bonchev–Trinajstić information content (AvgIpc) is 2.09. The van der Waals surface area contributed by atoms with Gasteiger partial charge in [-0.3, -0.25) is 0 Å². The third-order valence-corrected chi connectivity index (χ3v) is 1.56. The average molecular weight is 164 g/mol. The largest absolute Gasteiger partial charge is 0.316 e. The molecule has 0 heterocycles. The molecule has 0 spiro atoms. The third kappa shape index (κ3) is 2.04. The van der Waals surface area contributed by atoms with Crippen molar-refractivity contribution in [1.29, 1.82) is 5.26 Å². The van der Waals surface area contributed by atoms with Gasteiger partial charge >= 0.3 is 0 Å². The number of benzene rings is 1. The lowest BCUT2D eigenvalue weighted by Crippen LogP contribution is -2.20. The van der Waals surface area contributed by atoms with E-state index >= 15 is 0 Å². The fraction of sp³-hybridized carbons (Fsp3) is 0.222. The minimum Gasteiger partial charge on any atom is -0.316 e. The molecule has 0 unspecified atom stereocenters. The van der Waals surface area contributed by atoms with Crippen molar-refractivity contribution in [1.82, 2.24) is 0 Å². The highest BCUT2D eigenvalue weighted by atomic mass is 19.1. The molecule has 0 aliphatic carbocycles. The highest BCUT2D eigenvalue weighted by Gasteiger charge is 2.05. The number of hydrogen-bond acceptors (Lipinski definition) is 2. The number of rotatable bonds is 2. The lowest BCUT2D eigenvalue weighted by Gasteiger charge is -2.03. The maximum Gasteiger partial charge on any atom is 0.126 e. The number of halogens is 1. The quantitative estimate of drug-likeness (QED) is 0.714. The van der Waals surface area contributed by atoms with Crippen molar-refractivity contribution in [2.24, 2.45) is 5.73 Å². The monoisotopic (exact) mass is 164 g/mol. The minimum atomic E-state index is -0.623.